The van der Waals surface area contributed by atoms with Crippen LogP contribution in [0.15, 0.2) is 0 Å². The van der Waals surface area contributed by atoms with E-state index in [1.165, 1.54) is 0 Å². The van der Waals surface area contributed by atoms with Gasteiger partial charge in [0.2, 0.25) is 0 Å². The predicted octanol–water partition coefficient (Wildman–Crippen LogP) is 2.01. The number of amides is 1. The van der Waals surface area contributed by atoms with Crippen molar-refractivity contribution < 1.29 is 19.4 Å². The van der Waals surface area contributed by atoms with Crippen LogP contribution in [0.5, 0.6) is 0 Å². The van der Waals surface area contributed by atoms with Gasteiger partial charge in [-0.15, -0.1) is 0 Å². The summed E-state index contributed by atoms with van der Waals surface area (Å²) >= 11 is 0. The summed E-state index contributed by atoms with van der Waals surface area (Å²) in [4.78, 5) is 22.8. The maximum Gasteiger partial charge on any atom is 0.407 e. The SMILES string of the molecule is CC(C)(C)OC(=O)N[C@H]1C[C@H]2C[C@@H]1[C@H](C(=O)O)C2. The zero-order chi connectivity index (χ0) is 13.5. The highest BCUT2D eigenvalue weighted by Crippen LogP contribution is 2.48. The Labute approximate surface area is 107 Å². The predicted molar refractivity (Wildman–Crippen MR) is 65.1 cm³/mol. The molecule has 0 aliphatic heterocycles. The van der Waals surface area contributed by atoms with Crippen LogP contribution in [0, 0.1) is 17.8 Å². The van der Waals surface area contributed by atoms with Crippen LogP contribution in [0.2, 0.25) is 0 Å². The van der Waals surface area contributed by atoms with Gasteiger partial charge in [0.15, 0.2) is 0 Å². The molecular weight excluding hydrogens is 234 g/mol. The number of carbonyl (C=O) groups excluding carboxylic acids is 1. The zero-order valence-electron chi connectivity index (χ0n) is 11.1. The number of nitrogens with one attached hydrogen (secondary N) is 1. The fraction of sp³-hybridized carbons (Fsp3) is 0.846. The van der Waals surface area contributed by atoms with Gasteiger partial charge in [0.1, 0.15) is 5.60 Å². The standard InChI is InChI=1S/C13H21NO4/c1-13(2,3)18-12(17)14-10-6-7-4-8(10)9(5-7)11(15)16/h7-10H,4-6H2,1-3H3,(H,14,17)(H,15,16)/t7-,8+,9+,10-/m0/s1. The average Bonchev–Trinajstić information content (AvgIpc) is 2.72. The summed E-state index contributed by atoms with van der Waals surface area (Å²) in [6.45, 7) is 5.44. The number of hydrogen-bond donors (Lipinski definition) is 2. The smallest absolute Gasteiger partial charge is 0.407 e. The van der Waals surface area contributed by atoms with Crippen LogP contribution in [-0.2, 0) is 9.53 Å². The van der Waals surface area contributed by atoms with Crippen molar-refractivity contribution in [2.24, 2.45) is 17.8 Å². The quantitative estimate of drug-likeness (QED) is 0.791. The zero-order valence-corrected chi connectivity index (χ0v) is 11.1. The lowest BCUT2D eigenvalue weighted by molar-refractivity contribution is -0.143. The monoisotopic (exact) mass is 255 g/mol. The van der Waals surface area contributed by atoms with Crippen molar-refractivity contribution in [2.75, 3.05) is 0 Å². The van der Waals surface area contributed by atoms with E-state index in [9.17, 15) is 9.59 Å². The molecule has 2 rings (SSSR count). The number of alkyl carbamates (subject to hydrolysis) is 1. The molecule has 18 heavy (non-hydrogen) atoms. The van der Waals surface area contributed by atoms with E-state index in [0.717, 1.165) is 19.3 Å². The Morgan fingerprint density at radius 2 is 1.89 bits per heavy atom. The summed E-state index contributed by atoms with van der Waals surface area (Å²) in [7, 11) is 0. The number of fused-ring (bicyclic) bond motifs is 2. The van der Waals surface area contributed by atoms with Gasteiger partial charge in [-0.25, -0.2) is 4.79 Å². The van der Waals surface area contributed by atoms with E-state index in [-0.39, 0.29) is 17.9 Å². The third kappa shape index (κ3) is 2.76. The van der Waals surface area contributed by atoms with Crippen molar-refractivity contribution >= 4 is 12.1 Å². The summed E-state index contributed by atoms with van der Waals surface area (Å²) in [6, 6.07) is -0.0419. The maximum atomic E-state index is 11.7. The molecule has 2 aliphatic carbocycles. The minimum absolute atomic E-state index is 0.0419. The highest BCUT2D eigenvalue weighted by atomic mass is 16.6. The maximum absolute atomic E-state index is 11.7. The first-order valence-corrected chi connectivity index (χ1v) is 6.48. The number of rotatable bonds is 2. The highest BCUT2D eigenvalue weighted by molar-refractivity contribution is 5.72. The third-order valence-corrected chi connectivity index (χ3v) is 3.83. The van der Waals surface area contributed by atoms with E-state index in [0.29, 0.717) is 5.92 Å². The van der Waals surface area contributed by atoms with Gasteiger partial charge in [-0.05, 0) is 51.9 Å². The van der Waals surface area contributed by atoms with Gasteiger partial charge >= 0.3 is 12.1 Å². The van der Waals surface area contributed by atoms with Crippen molar-refractivity contribution in [3.8, 4) is 0 Å². The number of carbonyl (C=O) groups is 2. The van der Waals surface area contributed by atoms with E-state index < -0.39 is 17.7 Å². The molecule has 2 fully saturated rings. The molecular formula is C13H21NO4. The summed E-state index contributed by atoms with van der Waals surface area (Å²) in [5.41, 5.74) is -0.520. The van der Waals surface area contributed by atoms with Crippen molar-refractivity contribution in [1.29, 1.82) is 0 Å². The lowest BCUT2D eigenvalue weighted by atomic mass is 9.85. The van der Waals surface area contributed by atoms with Crippen molar-refractivity contribution in [1.82, 2.24) is 5.32 Å². The molecule has 0 unspecified atom stereocenters. The van der Waals surface area contributed by atoms with Crippen molar-refractivity contribution in [2.45, 2.75) is 51.7 Å². The van der Waals surface area contributed by atoms with E-state index in [1.807, 2.05) is 20.8 Å². The van der Waals surface area contributed by atoms with E-state index in [4.69, 9.17) is 9.84 Å². The fourth-order valence-electron chi connectivity index (χ4n) is 3.26. The minimum atomic E-state index is -0.738. The Morgan fingerprint density at radius 3 is 2.39 bits per heavy atom. The summed E-state index contributed by atoms with van der Waals surface area (Å²) in [5.74, 6) is -0.530. The van der Waals surface area contributed by atoms with Crippen LogP contribution in [0.3, 0.4) is 0 Å². The molecule has 0 spiro atoms. The van der Waals surface area contributed by atoms with E-state index in [2.05, 4.69) is 5.32 Å². The Kier molecular flexibility index (Phi) is 3.25. The number of hydrogen-bond acceptors (Lipinski definition) is 3. The van der Waals surface area contributed by atoms with Gasteiger partial charge in [-0.1, -0.05) is 0 Å². The second kappa shape index (κ2) is 4.44. The van der Waals surface area contributed by atoms with Crippen LogP contribution < -0.4 is 5.32 Å². The van der Waals surface area contributed by atoms with Crippen LogP contribution in [-0.4, -0.2) is 28.8 Å². The average molecular weight is 255 g/mol. The lowest BCUT2D eigenvalue weighted by Gasteiger charge is -2.29. The highest BCUT2D eigenvalue weighted by Gasteiger charge is 2.49. The molecule has 0 heterocycles. The topological polar surface area (TPSA) is 75.6 Å². The van der Waals surface area contributed by atoms with Gasteiger partial charge in [0.05, 0.1) is 5.92 Å². The number of carboxylic acids is 1. The van der Waals surface area contributed by atoms with Gasteiger partial charge in [-0.3, -0.25) is 4.79 Å². The first kappa shape index (κ1) is 13.2. The third-order valence-electron chi connectivity index (χ3n) is 3.83. The molecule has 5 heteroatoms. The number of ether oxygens (including phenoxy) is 1. The molecule has 5 nitrogen and oxygen atoms in total. The number of aliphatic carboxylic acids is 1. The Balaban J connectivity index is 1.92. The van der Waals surface area contributed by atoms with Crippen LogP contribution >= 0.6 is 0 Å². The first-order valence-electron chi connectivity index (χ1n) is 6.48. The van der Waals surface area contributed by atoms with Crippen molar-refractivity contribution in [3.05, 3.63) is 0 Å². The molecule has 0 aromatic rings. The number of carboxylic acid groups (broad SMARTS) is 1. The largest absolute Gasteiger partial charge is 0.481 e. The molecule has 1 amide bonds. The minimum Gasteiger partial charge on any atom is -0.481 e. The van der Waals surface area contributed by atoms with Crippen molar-refractivity contribution in [3.63, 3.8) is 0 Å². The molecule has 102 valence electrons. The molecule has 0 aromatic heterocycles. The molecule has 2 aliphatic rings. The normalized spacial score (nSPS) is 34.4. The second-order valence-electron chi connectivity index (χ2n) is 6.43. The summed E-state index contributed by atoms with van der Waals surface area (Å²) < 4.78 is 5.21. The van der Waals surface area contributed by atoms with E-state index >= 15 is 0 Å². The lowest BCUT2D eigenvalue weighted by Crippen LogP contribution is -2.44. The van der Waals surface area contributed by atoms with Crippen LogP contribution in [0.25, 0.3) is 0 Å². The summed E-state index contributed by atoms with van der Waals surface area (Å²) in [6.07, 6.45) is 2.11. The molecule has 0 aromatic carbocycles. The Bertz CT molecular complexity index is 360. The van der Waals surface area contributed by atoms with Gasteiger partial charge in [0, 0.05) is 6.04 Å². The molecule has 2 bridgehead atoms. The second-order valence-corrected chi connectivity index (χ2v) is 6.43. The van der Waals surface area contributed by atoms with Gasteiger partial charge in [-0.2, -0.15) is 0 Å². The molecule has 2 saturated carbocycles. The molecule has 2 N–H and O–H groups in total. The van der Waals surface area contributed by atoms with E-state index in [1.54, 1.807) is 0 Å². The van der Waals surface area contributed by atoms with Gasteiger partial charge in [0.25, 0.3) is 0 Å². The van der Waals surface area contributed by atoms with Gasteiger partial charge < -0.3 is 15.2 Å². The fourth-order valence-corrected chi connectivity index (χ4v) is 3.26. The molecule has 4 atom stereocenters. The molecule has 0 saturated heterocycles. The Morgan fingerprint density at radius 1 is 1.22 bits per heavy atom. The van der Waals surface area contributed by atoms with Crippen LogP contribution in [0.4, 0.5) is 4.79 Å². The molecule has 0 radical (unpaired) electrons. The van der Waals surface area contributed by atoms with Crippen LogP contribution in [0.1, 0.15) is 40.0 Å². The first-order chi connectivity index (χ1) is 8.26. The summed E-state index contributed by atoms with van der Waals surface area (Å²) in [5, 5.41) is 12.0. The Hall–Kier alpha value is -1.26.